The minimum absolute atomic E-state index is 0.236. The number of carbonyl (C=O) groups is 2. The van der Waals surface area contributed by atoms with Crippen molar-refractivity contribution in [2.45, 2.75) is 26.8 Å². The van der Waals surface area contributed by atoms with Crippen molar-refractivity contribution in [3.05, 3.63) is 34.3 Å². The molecular weight excluding hydrogens is 473 g/mol. The molecule has 0 saturated carbocycles. The van der Waals surface area contributed by atoms with Crippen molar-refractivity contribution in [1.82, 2.24) is 0 Å². The van der Waals surface area contributed by atoms with Crippen LogP contribution >= 0.6 is 23.2 Å². The fourth-order valence-corrected chi connectivity index (χ4v) is 3.28. The summed E-state index contributed by atoms with van der Waals surface area (Å²) in [6.07, 6.45) is 0. The van der Waals surface area contributed by atoms with Gasteiger partial charge in [-0.15, -0.1) is 0 Å². The number of hydrogen-bond donors (Lipinski definition) is 1. The fourth-order valence-electron chi connectivity index (χ4n) is 2.78. The first-order valence-electron chi connectivity index (χ1n) is 9.98. The zero-order valence-electron chi connectivity index (χ0n) is 18.9. The number of nitrogens with zero attached hydrogens (tertiary/aromatic N) is 2. The van der Waals surface area contributed by atoms with Gasteiger partial charge in [0.2, 0.25) is 6.04 Å². The number of anilines is 1. The average Bonchev–Trinajstić information content (AvgIpc) is 2.76. The molecule has 1 unspecified atom stereocenters. The molecule has 2 aromatic rings. The Balaban J connectivity index is 2.32. The first-order chi connectivity index (χ1) is 15.7. The summed E-state index contributed by atoms with van der Waals surface area (Å²) in [6.45, 7) is 5.59. The van der Waals surface area contributed by atoms with Crippen molar-refractivity contribution in [3.63, 3.8) is 0 Å². The maximum absolute atomic E-state index is 12.9. The van der Waals surface area contributed by atoms with E-state index in [2.05, 4.69) is 15.5 Å². The van der Waals surface area contributed by atoms with E-state index in [4.69, 9.17) is 42.1 Å². The Morgan fingerprint density at radius 1 is 0.939 bits per heavy atom. The molecule has 0 aliphatic heterocycles. The third-order valence-electron chi connectivity index (χ3n) is 4.23. The van der Waals surface area contributed by atoms with E-state index in [0.717, 1.165) is 0 Å². The third kappa shape index (κ3) is 6.72. The molecule has 0 saturated heterocycles. The number of benzene rings is 2. The second kappa shape index (κ2) is 12.3. The molecule has 0 radical (unpaired) electrons. The van der Waals surface area contributed by atoms with Crippen LogP contribution in [0, 0.1) is 0 Å². The number of ether oxygens (including phenoxy) is 4. The monoisotopic (exact) mass is 497 g/mol. The van der Waals surface area contributed by atoms with E-state index in [-0.39, 0.29) is 21.4 Å². The SMILES string of the molecule is CCOc1cc(OCC)c(NC(=O)C(N=Nc2cc(Cl)c(OC)c(OC)c2)C(C)=O)cc1Cl. The van der Waals surface area contributed by atoms with Gasteiger partial charge in [0.1, 0.15) is 11.5 Å². The number of azo groups is 1. The van der Waals surface area contributed by atoms with Gasteiger partial charge in [0.25, 0.3) is 5.91 Å². The van der Waals surface area contributed by atoms with Crippen molar-refractivity contribution in [2.75, 3.05) is 32.8 Å². The summed E-state index contributed by atoms with van der Waals surface area (Å²) in [5.41, 5.74) is 0.543. The van der Waals surface area contributed by atoms with Crippen LogP contribution in [0.15, 0.2) is 34.5 Å². The van der Waals surface area contributed by atoms with Gasteiger partial charge < -0.3 is 24.3 Å². The molecule has 178 valence electrons. The molecule has 0 bridgehead atoms. The zero-order valence-corrected chi connectivity index (χ0v) is 20.4. The van der Waals surface area contributed by atoms with E-state index in [0.29, 0.717) is 36.2 Å². The molecule has 0 spiro atoms. The van der Waals surface area contributed by atoms with Gasteiger partial charge in [0, 0.05) is 12.1 Å². The van der Waals surface area contributed by atoms with Gasteiger partial charge in [-0.2, -0.15) is 10.2 Å². The number of rotatable bonds is 11. The Bertz CT molecular complexity index is 1050. The Labute approximate surface area is 202 Å². The summed E-state index contributed by atoms with van der Waals surface area (Å²) in [6, 6.07) is 4.62. The number of nitrogens with one attached hydrogen (secondary N) is 1. The molecule has 33 heavy (non-hydrogen) atoms. The molecule has 0 aromatic heterocycles. The summed E-state index contributed by atoms with van der Waals surface area (Å²) in [4.78, 5) is 25.0. The van der Waals surface area contributed by atoms with Gasteiger partial charge in [-0.25, -0.2) is 0 Å². The van der Waals surface area contributed by atoms with Crippen LogP contribution in [0.5, 0.6) is 23.0 Å². The van der Waals surface area contributed by atoms with Crippen LogP contribution in [0.25, 0.3) is 0 Å². The van der Waals surface area contributed by atoms with Crippen LogP contribution < -0.4 is 24.3 Å². The van der Waals surface area contributed by atoms with Gasteiger partial charge in [0.15, 0.2) is 17.3 Å². The molecule has 0 fully saturated rings. The van der Waals surface area contributed by atoms with E-state index < -0.39 is 17.7 Å². The molecule has 1 N–H and O–H groups in total. The molecule has 9 nitrogen and oxygen atoms in total. The topological polar surface area (TPSA) is 108 Å². The van der Waals surface area contributed by atoms with Crippen molar-refractivity contribution in [2.24, 2.45) is 10.2 Å². The summed E-state index contributed by atoms with van der Waals surface area (Å²) in [5.74, 6) is 0.179. The zero-order chi connectivity index (χ0) is 24.5. The van der Waals surface area contributed by atoms with Crippen molar-refractivity contribution in [3.8, 4) is 23.0 Å². The highest BCUT2D eigenvalue weighted by Gasteiger charge is 2.25. The Morgan fingerprint density at radius 2 is 1.61 bits per heavy atom. The van der Waals surface area contributed by atoms with Gasteiger partial charge in [-0.3, -0.25) is 9.59 Å². The molecule has 1 amide bonds. The predicted molar refractivity (Wildman–Crippen MR) is 126 cm³/mol. The minimum atomic E-state index is -1.42. The highest BCUT2D eigenvalue weighted by Crippen LogP contribution is 2.39. The quantitative estimate of drug-likeness (QED) is 0.324. The van der Waals surface area contributed by atoms with Crippen LogP contribution in [0.2, 0.25) is 10.0 Å². The first-order valence-corrected chi connectivity index (χ1v) is 10.7. The maximum Gasteiger partial charge on any atom is 0.258 e. The van der Waals surface area contributed by atoms with Crippen LogP contribution in [0.1, 0.15) is 20.8 Å². The smallest absolute Gasteiger partial charge is 0.258 e. The fraction of sp³-hybridized carbons (Fsp3) is 0.364. The number of methoxy groups -OCH3 is 2. The van der Waals surface area contributed by atoms with Gasteiger partial charge in [-0.05, 0) is 32.9 Å². The number of ketones is 1. The Hall–Kier alpha value is -3.04. The second-order valence-corrected chi connectivity index (χ2v) is 7.34. The number of amides is 1. The highest BCUT2D eigenvalue weighted by molar-refractivity contribution is 6.33. The van der Waals surface area contributed by atoms with Gasteiger partial charge >= 0.3 is 0 Å². The molecule has 0 aliphatic rings. The predicted octanol–water partition coefficient (Wildman–Crippen LogP) is 5.49. The number of halogens is 2. The third-order valence-corrected chi connectivity index (χ3v) is 4.81. The molecule has 2 aromatic carbocycles. The standard InChI is InChI=1S/C22H25Cl2N3O6/c1-6-32-17-11-18(33-7-2)16(10-14(17)23)25-22(29)20(12(3)28)27-26-13-8-15(24)21(31-5)19(9-13)30-4/h8-11,20H,6-7H2,1-5H3,(H,25,29). The largest absolute Gasteiger partial charge is 0.493 e. The summed E-state index contributed by atoms with van der Waals surface area (Å²) in [7, 11) is 2.89. The lowest BCUT2D eigenvalue weighted by molar-refractivity contribution is -0.126. The lowest BCUT2D eigenvalue weighted by Crippen LogP contribution is -2.32. The van der Waals surface area contributed by atoms with E-state index in [1.54, 1.807) is 13.0 Å². The van der Waals surface area contributed by atoms with Crippen molar-refractivity contribution < 1.29 is 28.5 Å². The van der Waals surface area contributed by atoms with E-state index in [1.165, 1.54) is 39.3 Å². The molecule has 1 atom stereocenters. The molecule has 11 heteroatoms. The minimum Gasteiger partial charge on any atom is -0.493 e. The molecular formula is C22H25Cl2N3O6. The lowest BCUT2D eigenvalue weighted by atomic mass is 10.2. The second-order valence-electron chi connectivity index (χ2n) is 6.53. The van der Waals surface area contributed by atoms with Gasteiger partial charge in [-0.1, -0.05) is 23.2 Å². The van der Waals surface area contributed by atoms with E-state index >= 15 is 0 Å². The molecule has 2 rings (SSSR count). The first kappa shape index (κ1) is 26.2. The molecule has 0 heterocycles. The Kier molecular flexibility index (Phi) is 9.74. The average molecular weight is 498 g/mol. The highest BCUT2D eigenvalue weighted by atomic mass is 35.5. The van der Waals surface area contributed by atoms with Crippen LogP contribution in [-0.4, -0.2) is 45.2 Å². The maximum atomic E-state index is 12.9. The number of hydrogen-bond acceptors (Lipinski definition) is 8. The normalized spacial score (nSPS) is 11.7. The Morgan fingerprint density at radius 3 is 2.18 bits per heavy atom. The molecule has 0 aliphatic carbocycles. The van der Waals surface area contributed by atoms with Crippen LogP contribution in [0.3, 0.4) is 0 Å². The van der Waals surface area contributed by atoms with E-state index in [9.17, 15) is 9.59 Å². The lowest BCUT2D eigenvalue weighted by Gasteiger charge is -2.16. The van der Waals surface area contributed by atoms with Gasteiger partial charge in [0.05, 0.1) is 48.9 Å². The van der Waals surface area contributed by atoms with Crippen molar-refractivity contribution in [1.29, 1.82) is 0 Å². The van der Waals surface area contributed by atoms with Crippen molar-refractivity contribution >= 4 is 46.3 Å². The summed E-state index contributed by atoms with van der Waals surface area (Å²) >= 11 is 12.4. The van der Waals surface area contributed by atoms with Crippen LogP contribution in [0.4, 0.5) is 11.4 Å². The summed E-state index contributed by atoms with van der Waals surface area (Å²) in [5, 5.41) is 11.0. The van der Waals surface area contributed by atoms with E-state index in [1.807, 2.05) is 6.92 Å². The van der Waals surface area contributed by atoms with Crippen LogP contribution in [-0.2, 0) is 9.59 Å². The number of Topliss-reactive ketones (excluding diaryl/α,β-unsaturated/α-hetero) is 1. The summed E-state index contributed by atoms with van der Waals surface area (Å²) < 4.78 is 21.4. The number of carbonyl (C=O) groups excluding carboxylic acids is 2.